The van der Waals surface area contributed by atoms with Gasteiger partial charge in [-0.05, 0) is 11.4 Å². The van der Waals surface area contributed by atoms with Gasteiger partial charge in [0.2, 0.25) is 0 Å². The number of halogens is 3. The van der Waals surface area contributed by atoms with Crippen molar-refractivity contribution < 1.29 is 8.78 Å². The van der Waals surface area contributed by atoms with Gasteiger partial charge >= 0.3 is 0 Å². The number of hydrogen-bond donors (Lipinski definition) is 1. The minimum atomic E-state index is -2.37. The molecule has 0 saturated heterocycles. The zero-order valence-corrected chi connectivity index (χ0v) is 10.5. The number of anilines is 1. The molecule has 0 amide bonds. The average Bonchev–Trinajstić information content (AvgIpc) is 2.84. The van der Waals surface area contributed by atoms with Crippen molar-refractivity contribution in [3.05, 3.63) is 34.8 Å². The Bertz CT molecular complexity index is 430. The van der Waals surface area contributed by atoms with Gasteiger partial charge in [0, 0.05) is 17.6 Å². The molecule has 0 aliphatic carbocycles. The highest BCUT2D eigenvalue weighted by molar-refractivity contribution is 7.09. The summed E-state index contributed by atoms with van der Waals surface area (Å²) in [6.45, 7) is 0.332. The second-order valence-corrected chi connectivity index (χ2v) is 4.31. The summed E-state index contributed by atoms with van der Waals surface area (Å²) in [6, 6.07) is 3.99. The largest absolute Gasteiger partial charge is 0.378 e. The van der Waals surface area contributed by atoms with Crippen LogP contribution < -0.4 is 5.32 Å². The molecule has 0 aliphatic rings. The molecule has 0 saturated carbocycles. The highest BCUT2D eigenvalue weighted by Gasteiger charge is 2.05. The first kappa shape index (κ1) is 13.9. The van der Waals surface area contributed by atoms with Crippen molar-refractivity contribution >= 4 is 29.4 Å². The van der Waals surface area contributed by atoms with Gasteiger partial charge in [0.25, 0.3) is 6.43 Å². The number of thiophene rings is 1. The molecule has 0 fully saturated rings. The Labute approximate surface area is 108 Å². The summed E-state index contributed by atoms with van der Waals surface area (Å²) in [5.41, 5.74) is 0.758. The van der Waals surface area contributed by atoms with Gasteiger partial charge in [-0.2, -0.15) is 5.10 Å². The van der Waals surface area contributed by atoms with E-state index in [1.165, 1.54) is 9.56 Å². The van der Waals surface area contributed by atoms with Crippen LogP contribution in [-0.4, -0.2) is 16.2 Å². The molecule has 0 unspecified atom stereocenters. The highest BCUT2D eigenvalue weighted by atomic mass is 35.5. The first-order valence-electron chi connectivity index (χ1n) is 4.81. The molecule has 0 bridgehead atoms. The maximum atomic E-state index is 12.1. The van der Waals surface area contributed by atoms with Gasteiger partial charge in [-0.3, -0.25) is 4.68 Å². The number of nitrogens with one attached hydrogen (secondary N) is 1. The number of nitrogens with zero attached hydrogens (tertiary/aromatic N) is 2. The maximum absolute atomic E-state index is 12.1. The van der Waals surface area contributed by atoms with Crippen molar-refractivity contribution in [2.75, 3.05) is 5.32 Å². The second kappa shape index (κ2) is 6.56. The zero-order chi connectivity index (χ0) is 11.4. The predicted octanol–water partition coefficient (Wildman–Crippen LogP) is 3.24. The van der Waals surface area contributed by atoms with Gasteiger partial charge in [0.1, 0.15) is 6.54 Å². The first-order chi connectivity index (χ1) is 7.74. The van der Waals surface area contributed by atoms with Crippen LogP contribution in [0.3, 0.4) is 0 Å². The van der Waals surface area contributed by atoms with E-state index in [1.54, 1.807) is 23.7 Å². The predicted molar refractivity (Wildman–Crippen MR) is 67.1 cm³/mol. The summed E-state index contributed by atoms with van der Waals surface area (Å²) in [6.07, 6.45) is 0.764. The molecule has 17 heavy (non-hydrogen) atoms. The SMILES string of the molecule is Cl.FC(F)Cn1cc(NCc2cccs2)cn1. The maximum Gasteiger partial charge on any atom is 0.257 e. The van der Waals surface area contributed by atoms with Crippen LogP contribution in [0.15, 0.2) is 29.9 Å². The summed E-state index contributed by atoms with van der Waals surface area (Å²) in [5, 5.41) is 8.95. The molecule has 2 heterocycles. The van der Waals surface area contributed by atoms with Crippen LogP contribution in [0.25, 0.3) is 0 Å². The lowest BCUT2D eigenvalue weighted by Gasteiger charge is -2.00. The molecule has 2 aromatic heterocycles. The van der Waals surface area contributed by atoms with Crippen LogP contribution in [0.2, 0.25) is 0 Å². The van der Waals surface area contributed by atoms with Gasteiger partial charge in [0.05, 0.1) is 11.9 Å². The molecule has 0 spiro atoms. The van der Waals surface area contributed by atoms with E-state index in [0.29, 0.717) is 6.54 Å². The highest BCUT2D eigenvalue weighted by Crippen LogP contribution is 2.12. The molecule has 0 aliphatic heterocycles. The van der Waals surface area contributed by atoms with Gasteiger partial charge in [-0.15, -0.1) is 23.7 Å². The molecule has 3 nitrogen and oxygen atoms in total. The van der Waals surface area contributed by atoms with Crippen LogP contribution in [0.5, 0.6) is 0 Å². The number of aromatic nitrogens is 2. The third-order valence-electron chi connectivity index (χ3n) is 2.01. The van der Waals surface area contributed by atoms with E-state index >= 15 is 0 Å². The van der Waals surface area contributed by atoms with E-state index in [1.807, 2.05) is 17.5 Å². The summed E-state index contributed by atoms with van der Waals surface area (Å²) in [7, 11) is 0. The second-order valence-electron chi connectivity index (χ2n) is 3.28. The van der Waals surface area contributed by atoms with Crippen LogP contribution in [0.4, 0.5) is 14.5 Å². The van der Waals surface area contributed by atoms with E-state index in [-0.39, 0.29) is 19.0 Å². The summed E-state index contributed by atoms with van der Waals surface area (Å²) >= 11 is 1.65. The Hall–Kier alpha value is -1.14. The van der Waals surface area contributed by atoms with Crippen molar-refractivity contribution in [3.8, 4) is 0 Å². The van der Waals surface area contributed by atoms with E-state index in [9.17, 15) is 8.78 Å². The topological polar surface area (TPSA) is 29.9 Å². The van der Waals surface area contributed by atoms with Crippen LogP contribution in [-0.2, 0) is 13.1 Å². The van der Waals surface area contributed by atoms with E-state index in [0.717, 1.165) is 5.69 Å². The number of rotatable bonds is 5. The number of hydrogen-bond acceptors (Lipinski definition) is 3. The summed E-state index contributed by atoms with van der Waals surface area (Å²) in [5.74, 6) is 0. The molecule has 1 N–H and O–H groups in total. The smallest absolute Gasteiger partial charge is 0.257 e. The lowest BCUT2D eigenvalue weighted by Crippen LogP contribution is -2.06. The molecule has 2 rings (SSSR count). The fraction of sp³-hybridized carbons (Fsp3) is 0.300. The first-order valence-corrected chi connectivity index (χ1v) is 5.69. The Kier molecular flexibility index (Phi) is 5.37. The molecule has 0 aromatic carbocycles. The van der Waals surface area contributed by atoms with Crippen molar-refractivity contribution in [3.63, 3.8) is 0 Å². The minimum absolute atomic E-state index is 0. The fourth-order valence-electron chi connectivity index (χ4n) is 1.30. The van der Waals surface area contributed by atoms with E-state index < -0.39 is 6.43 Å². The van der Waals surface area contributed by atoms with Gasteiger partial charge in [0.15, 0.2) is 0 Å². The monoisotopic (exact) mass is 279 g/mol. The van der Waals surface area contributed by atoms with Gasteiger partial charge in [-0.1, -0.05) is 6.07 Å². The Morgan fingerprint density at radius 2 is 2.29 bits per heavy atom. The van der Waals surface area contributed by atoms with Crippen LogP contribution in [0.1, 0.15) is 4.88 Å². The molecule has 2 aromatic rings. The van der Waals surface area contributed by atoms with Crippen LogP contribution >= 0.6 is 23.7 Å². The molecular formula is C10H12ClF2N3S. The molecule has 94 valence electrons. The summed E-state index contributed by atoms with van der Waals surface area (Å²) < 4.78 is 25.4. The van der Waals surface area contributed by atoms with Crippen molar-refractivity contribution in [1.29, 1.82) is 0 Å². The quantitative estimate of drug-likeness (QED) is 0.911. The molecule has 0 atom stereocenters. The normalized spacial score (nSPS) is 10.3. The third kappa shape index (κ3) is 4.32. The van der Waals surface area contributed by atoms with Crippen molar-refractivity contribution in [1.82, 2.24) is 9.78 Å². The number of alkyl halides is 2. The minimum Gasteiger partial charge on any atom is -0.378 e. The van der Waals surface area contributed by atoms with Crippen molar-refractivity contribution in [2.45, 2.75) is 19.5 Å². The van der Waals surface area contributed by atoms with Crippen LogP contribution in [0, 0.1) is 0 Å². The fourth-order valence-corrected chi connectivity index (χ4v) is 1.94. The molecular weight excluding hydrogens is 268 g/mol. The molecule has 7 heteroatoms. The standard InChI is InChI=1S/C10H11F2N3S.ClH/c11-10(12)7-15-6-8(4-14-15)13-5-9-2-1-3-16-9;/h1-4,6,10,13H,5,7H2;1H. The van der Waals surface area contributed by atoms with E-state index in [2.05, 4.69) is 10.4 Å². The van der Waals surface area contributed by atoms with Gasteiger partial charge in [-0.25, -0.2) is 8.78 Å². The van der Waals surface area contributed by atoms with Crippen molar-refractivity contribution in [2.24, 2.45) is 0 Å². The summed E-state index contributed by atoms with van der Waals surface area (Å²) in [4.78, 5) is 1.20. The Morgan fingerprint density at radius 1 is 1.47 bits per heavy atom. The Morgan fingerprint density at radius 3 is 2.94 bits per heavy atom. The zero-order valence-electron chi connectivity index (χ0n) is 8.85. The third-order valence-corrected chi connectivity index (χ3v) is 2.88. The Balaban J connectivity index is 0.00000144. The van der Waals surface area contributed by atoms with Gasteiger partial charge < -0.3 is 5.32 Å². The lowest BCUT2D eigenvalue weighted by molar-refractivity contribution is 0.122. The van der Waals surface area contributed by atoms with E-state index in [4.69, 9.17) is 0 Å². The molecule has 0 radical (unpaired) electrons. The lowest BCUT2D eigenvalue weighted by atomic mass is 10.4. The average molecular weight is 280 g/mol.